The summed E-state index contributed by atoms with van der Waals surface area (Å²) >= 11 is 0. The summed E-state index contributed by atoms with van der Waals surface area (Å²) in [5.41, 5.74) is -0.123. The fourth-order valence-corrected chi connectivity index (χ4v) is 3.55. The van der Waals surface area contributed by atoms with Crippen molar-refractivity contribution < 1.29 is 4.79 Å². The highest BCUT2D eigenvalue weighted by Crippen LogP contribution is 2.23. The maximum Gasteiger partial charge on any atom is 0.259 e. The summed E-state index contributed by atoms with van der Waals surface area (Å²) < 4.78 is 3.44. The van der Waals surface area contributed by atoms with Gasteiger partial charge in [-0.15, -0.1) is 0 Å². The summed E-state index contributed by atoms with van der Waals surface area (Å²) in [6.45, 7) is 3.11. The van der Waals surface area contributed by atoms with Gasteiger partial charge < -0.3 is 9.47 Å². The molecule has 1 amide bonds. The summed E-state index contributed by atoms with van der Waals surface area (Å²) in [5.74, 6) is -0.0213. The molecule has 2 aromatic heterocycles. The number of hydrogen-bond donors (Lipinski definition) is 0. The van der Waals surface area contributed by atoms with Crippen molar-refractivity contribution in [2.24, 2.45) is 0 Å². The van der Waals surface area contributed by atoms with Crippen molar-refractivity contribution in [3.8, 4) is 0 Å². The van der Waals surface area contributed by atoms with E-state index < -0.39 is 6.04 Å². The standard InChI is InChI=1S/C19H20N4O2/c1-14(22-12-7-15-5-2-3-6-17(15)19(22)25)18(24)21-11-8-16(13-21)23-10-4-9-20-23/h2-7,9-10,12,14,16H,8,11,13H2,1H3. The number of benzene rings is 1. The van der Waals surface area contributed by atoms with Crippen LogP contribution in [0.15, 0.2) is 59.8 Å². The van der Waals surface area contributed by atoms with E-state index in [1.165, 1.54) is 4.57 Å². The third-order valence-electron chi connectivity index (χ3n) is 4.99. The zero-order chi connectivity index (χ0) is 17.4. The quantitative estimate of drug-likeness (QED) is 0.737. The Morgan fingerprint density at radius 1 is 1.20 bits per heavy atom. The lowest BCUT2D eigenvalue weighted by Crippen LogP contribution is -2.38. The molecule has 0 radical (unpaired) electrons. The first-order valence-electron chi connectivity index (χ1n) is 8.53. The average Bonchev–Trinajstić information content (AvgIpc) is 3.32. The first-order valence-corrected chi connectivity index (χ1v) is 8.53. The van der Waals surface area contributed by atoms with Crippen LogP contribution in [0.4, 0.5) is 0 Å². The molecule has 0 saturated carbocycles. The van der Waals surface area contributed by atoms with Crippen LogP contribution in [0.25, 0.3) is 10.8 Å². The van der Waals surface area contributed by atoms with Crippen molar-refractivity contribution in [3.05, 3.63) is 65.3 Å². The van der Waals surface area contributed by atoms with Crippen LogP contribution in [-0.2, 0) is 4.79 Å². The second kappa shape index (κ2) is 6.20. The molecule has 0 aliphatic carbocycles. The predicted molar refractivity (Wildman–Crippen MR) is 95.4 cm³/mol. The van der Waals surface area contributed by atoms with Crippen LogP contribution in [-0.4, -0.2) is 38.2 Å². The highest BCUT2D eigenvalue weighted by molar-refractivity contribution is 5.83. The number of aromatic nitrogens is 3. The summed E-state index contributed by atoms with van der Waals surface area (Å²) in [5, 5.41) is 5.80. The smallest absolute Gasteiger partial charge is 0.259 e. The highest BCUT2D eigenvalue weighted by Gasteiger charge is 2.31. The van der Waals surface area contributed by atoms with Gasteiger partial charge in [0.05, 0.1) is 6.04 Å². The minimum atomic E-state index is -0.520. The molecule has 6 heteroatoms. The van der Waals surface area contributed by atoms with E-state index in [2.05, 4.69) is 5.10 Å². The van der Waals surface area contributed by atoms with Crippen LogP contribution in [0.1, 0.15) is 25.4 Å². The predicted octanol–water partition coefficient (Wildman–Crippen LogP) is 2.23. The minimum absolute atomic E-state index is 0.0213. The van der Waals surface area contributed by atoms with Crippen LogP contribution in [0.2, 0.25) is 0 Å². The molecule has 2 atom stereocenters. The third-order valence-corrected chi connectivity index (χ3v) is 4.99. The number of carbonyl (C=O) groups excluding carboxylic acids is 1. The molecule has 6 nitrogen and oxygen atoms in total. The molecule has 0 N–H and O–H groups in total. The molecule has 4 rings (SSSR count). The number of likely N-dealkylation sites (tertiary alicyclic amines) is 1. The third kappa shape index (κ3) is 2.73. The van der Waals surface area contributed by atoms with Gasteiger partial charge in [0.2, 0.25) is 5.91 Å². The Labute approximate surface area is 145 Å². The number of carbonyl (C=O) groups is 1. The molecule has 3 heterocycles. The fraction of sp³-hybridized carbons (Fsp3) is 0.316. The molecular formula is C19H20N4O2. The zero-order valence-corrected chi connectivity index (χ0v) is 14.1. The van der Waals surface area contributed by atoms with Crippen LogP contribution >= 0.6 is 0 Å². The van der Waals surface area contributed by atoms with E-state index in [9.17, 15) is 9.59 Å². The molecule has 1 aliphatic rings. The maximum absolute atomic E-state index is 12.9. The van der Waals surface area contributed by atoms with Crippen LogP contribution in [0.3, 0.4) is 0 Å². The Kier molecular flexibility index (Phi) is 3.87. The molecule has 1 aromatic carbocycles. The molecule has 128 valence electrons. The highest BCUT2D eigenvalue weighted by atomic mass is 16.2. The van der Waals surface area contributed by atoms with Crippen LogP contribution in [0, 0.1) is 0 Å². The summed E-state index contributed by atoms with van der Waals surface area (Å²) in [6, 6.07) is 10.9. The monoisotopic (exact) mass is 336 g/mol. The van der Waals surface area contributed by atoms with Crippen molar-refractivity contribution in [3.63, 3.8) is 0 Å². The van der Waals surface area contributed by atoms with Gasteiger partial charge in [-0.1, -0.05) is 18.2 Å². The van der Waals surface area contributed by atoms with Crippen molar-refractivity contribution >= 4 is 16.7 Å². The Morgan fingerprint density at radius 3 is 2.84 bits per heavy atom. The Hall–Kier alpha value is -2.89. The molecule has 25 heavy (non-hydrogen) atoms. The summed E-state index contributed by atoms with van der Waals surface area (Å²) in [7, 11) is 0. The van der Waals surface area contributed by atoms with Crippen LogP contribution < -0.4 is 5.56 Å². The van der Waals surface area contributed by atoms with Gasteiger partial charge in [-0.2, -0.15) is 5.10 Å². The van der Waals surface area contributed by atoms with Gasteiger partial charge >= 0.3 is 0 Å². The Bertz CT molecular complexity index is 961. The van der Waals surface area contributed by atoms with E-state index in [4.69, 9.17) is 0 Å². The van der Waals surface area contributed by atoms with E-state index in [1.807, 2.05) is 46.1 Å². The Morgan fingerprint density at radius 2 is 2.04 bits per heavy atom. The lowest BCUT2D eigenvalue weighted by atomic mass is 10.1. The van der Waals surface area contributed by atoms with E-state index in [0.29, 0.717) is 18.5 Å². The molecule has 2 unspecified atom stereocenters. The molecular weight excluding hydrogens is 316 g/mol. The average molecular weight is 336 g/mol. The van der Waals surface area contributed by atoms with Gasteiger partial charge in [-0.05, 0) is 36.9 Å². The van der Waals surface area contributed by atoms with Gasteiger partial charge in [0.1, 0.15) is 6.04 Å². The molecule has 1 fully saturated rings. The number of pyridine rings is 1. The van der Waals surface area contributed by atoms with Crippen molar-refractivity contribution in [1.29, 1.82) is 0 Å². The Balaban J connectivity index is 1.57. The van der Waals surface area contributed by atoms with Gasteiger partial charge in [-0.3, -0.25) is 14.3 Å². The van der Waals surface area contributed by atoms with E-state index in [1.54, 1.807) is 25.4 Å². The second-order valence-corrected chi connectivity index (χ2v) is 6.50. The zero-order valence-electron chi connectivity index (χ0n) is 14.1. The fourth-order valence-electron chi connectivity index (χ4n) is 3.55. The SMILES string of the molecule is CC(C(=O)N1CCC(n2cccn2)C1)n1ccc2ccccc2c1=O. The van der Waals surface area contributed by atoms with E-state index in [-0.39, 0.29) is 17.5 Å². The van der Waals surface area contributed by atoms with E-state index in [0.717, 1.165) is 11.8 Å². The minimum Gasteiger partial charge on any atom is -0.339 e. The first kappa shape index (κ1) is 15.6. The molecule has 1 aliphatic heterocycles. The largest absolute Gasteiger partial charge is 0.339 e. The molecule has 0 bridgehead atoms. The normalized spacial score (nSPS) is 18.6. The van der Waals surface area contributed by atoms with Crippen molar-refractivity contribution in [2.75, 3.05) is 13.1 Å². The number of hydrogen-bond acceptors (Lipinski definition) is 3. The van der Waals surface area contributed by atoms with Gasteiger partial charge in [0.25, 0.3) is 5.56 Å². The number of rotatable bonds is 3. The number of amides is 1. The maximum atomic E-state index is 12.9. The van der Waals surface area contributed by atoms with Crippen LogP contribution in [0.5, 0.6) is 0 Å². The number of nitrogens with zero attached hydrogens (tertiary/aromatic N) is 4. The summed E-state index contributed by atoms with van der Waals surface area (Å²) in [4.78, 5) is 27.4. The second-order valence-electron chi connectivity index (χ2n) is 6.50. The van der Waals surface area contributed by atoms with Gasteiger partial charge in [0.15, 0.2) is 0 Å². The lowest BCUT2D eigenvalue weighted by molar-refractivity contribution is -0.133. The van der Waals surface area contributed by atoms with Gasteiger partial charge in [-0.25, -0.2) is 0 Å². The molecule has 1 saturated heterocycles. The van der Waals surface area contributed by atoms with Crippen molar-refractivity contribution in [1.82, 2.24) is 19.2 Å². The number of fused-ring (bicyclic) bond motifs is 1. The topological polar surface area (TPSA) is 60.1 Å². The molecule has 0 spiro atoms. The van der Waals surface area contributed by atoms with E-state index >= 15 is 0 Å². The van der Waals surface area contributed by atoms with Crippen molar-refractivity contribution in [2.45, 2.75) is 25.4 Å². The lowest BCUT2D eigenvalue weighted by Gasteiger charge is -2.22. The molecule has 3 aromatic rings. The summed E-state index contributed by atoms with van der Waals surface area (Å²) in [6.07, 6.45) is 6.28. The first-order chi connectivity index (χ1) is 12.1. The van der Waals surface area contributed by atoms with Gasteiger partial charge in [0, 0.05) is 37.1 Å².